The summed E-state index contributed by atoms with van der Waals surface area (Å²) >= 11 is 5.87. The van der Waals surface area contributed by atoms with Crippen molar-refractivity contribution in [3.05, 3.63) is 28.5 Å². The lowest BCUT2D eigenvalue weighted by Crippen LogP contribution is -2.34. The van der Waals surface area contributed by atoms with Crippen LogP contribution in [0, 0.1) is 12.7 Å². The van der Waals surface area contributed by atoms with E-state index in [1.807, 2.05) is 0 Å². The number of likely N-dealkylation sites (N-methyl/N-ethyl adjacent to an activating group) is 1. The molecule has 0 aliphatic carbocycles. The predicted octanol–water partition coefficient (Wildman–Crippen LogP) is 2.59. The van der Waals surface area contributed by atoms with Crippen molar-refractivity contribution in [3.63, 3.8) is 0 Å². The van der Waals surface area contributed by atoms with Gasteiger partial charge in [0.15, 0.2) is 0 Å². The molecular weight excluding hydrogens is 305 g/mol. The summed E-state index contributed by atoms with van der Waals surface area (Å²) in [5.74, 6) is -0.518. The van der Waals surface area contributed by atoms with Crippen LogP contribution in [0.15, 0.2) is 17.0 Å². The van der Waals surface area contributed by atoms with Gasteiger partial charge in [0.25, 0.3) is 0 Å². The summed E-state index contributed by atoms with van der Waals surface area (Å²) in [6, 6.07) is 2.29. The van der Waals surface area contributed by atoms with Crippen LogP contribution in [-0.2, 0) is 14.8 Å². The summed E-state index contributed by atoms with van der Waals surface area (Å²) in [7, 11) is -2.26. The molecule has 1 aromatic rings. The Kier molecular flexibility index (Phi) is 4.69. The molecule has 20 heavy (non-hydrogen) atoms. The zero-order valence-electron chi connectivity index (χ0n) is 11.4. The van der Waals surface area contributed by atoms with E-state index in [0.717, 1.165) is 18.9 Å². The SMILES string of the molecule is Cc1cc(S(=O)(=O)N(C)C[C@@H]2CCCO2)c(Cl)cc1F. The number of sulfonamides is 1. The molecule has 1 aromatic carbocycles. The van der Waals surface area contributed by atoms with Gasteiger partial charge in [0.1, 0.15) is 10.7 Å². The van der Waals surface area contributed by atoms with Gasteiger partial charge < -0.3 is 4.74 Å². The molecule has 1 atom stereocenters. The van der Waals surface area contributed by atoms with E-state index in [-0.39, 0.29) is 28.1 Å². The van der Waals surface area contributed by atoms with Gasteiger partial charge in [-0.1, -0.05) is 11.6 Å². The van der Waals surface area contributed by atoms with Crippen LogP contribution in [0.1, 0.15) is 18.4 Å². The Hall–Kier alpha value is -0.690. The van der Waals surface area contributed by atoms with E-state index in [4.69, 9.17) is 16.3 Å². The number of aryl methyl sites for hydroxylation is 1. The van der Waals surface area contributed by atoms with Crippen LogP contribution in [0.3, 0.4) is 0 Å². The first-order valence-electron chi connectivity index (χ1n) is 6.36. The molecule has 0 N–H and O–H groups in total. The smallest absolute Gasteiger partial charge is 0.244 e. The van der Waals surface area contributed by atoms with Crippen molar-refractivity contribution in [1.82, 2.24) is 4.31 Å². The average Bonchev–Trinajstić information content (AvgIpc) is 2.86. The highest BCUT2D eigenvalue weighted by Crippen LogP contribution is 2.27. The fourth-order valence-electron chi connectivity index (χ4n) is 2.17. The van der Waals surface area contributed by atoms with E-state index in [0.29, 0.717) is 6.61 Å². The molecule has 0 aromatic heterocycles. The third-order valence-corrected chi connectivity index (χ3v) is 5.67. The highest BCUT2D eigenvalue weighted by molar-refractivity contribution is 7.89. The van der Waals surface area contributed by atoms with E-state index >= 15 is 0 Å². The van der Waals surface area contributed by atoms with Crippen molar-refractivity contribution in [3.8, 4) is 0 Å². The molecule has 4 nitrogen and oxygen atoms in total. The van der Waals surface area contributed by atoms with E-state index in [2.05, 4.69) is 0 Å². The van der Waals surface area contributed by atoms with Crippen LogP contribution in [0.2, 0.25) is 5.02 Å². The average molecular weight is 322 g/mol. The van der Waals surface area contributed by atoms with E-state index < -0.39 is 15.8 Å². The molecule has 1 aliphatic heterocycles. The largest absolute Gasteiger partial charge is 0.377 e. The van der Waals surface area contributed by atoms with E-state index in [1.54, 1.807) is 0 Å². The number of halogens is 2. The van der Waals surface area contributed by atoms with Gasteiger partial charge in [-0.15, -0.1) is 0 Å². The van der Waals surface area contributed by atoms with Gasteiger partial charge in [-0.3, -0.25) is 0 Å². The quantitative estimate of drug-likeness (QED) is 0.856. The highest BCUT2D eigenvalue weighted by Gasteiger charge is 2.28. The molecule has 1 aliphatic rings. The van der Waals surface area contributed by atoms with Crippen LogP contribution < -0.4 is 0 Å². The molecule has 0 bridgehead atoms. The highest BCUT2D eigenvalue weighted by atomic mass is 35.5. The summed E-state index contributed by atoms with van der Waals surface area (Å²) in [6.45, 7) is 2.44. The molecule has 0 radical (unpaired) electrons. The minimum absolute atomic E-state index is 0.0708. The first kappa shape index (κ1) is 15.7. The van der Waals surface area contributed by atoms with Crippen LogP contribution in [0.4, 0.5) is 4.39 Å². The van der Waals surface area contributed by atoms with Crippen molar-refractivity contribution >= 4 is 21.6 Å². The maximum absolute atomic E-state index is 13.4. The van der Waals surface area contributed by atoms with Crippen LogP contribution in [0.5, 0.6) is 0 Å². The van der Waals surface area contributed by atoms with Crippen molar-refractivity contribution in [2.75, 3.05) is 20.2 Å². The number of rotatable bonds is 4. The summed E-state index contributed by atoms with van der Waals surface area (Å²) < 4.78 is 44.9. The van der Waals surface area contributed by atoms with Gasteiger partial charge in [0, 0.05) is 20.2 Å². The molecule has 1 heterocycles. The molecule has 0 unspecified atom stereocenters. The van der Waals surface area contributed by atoms with Gasteiger partial charge >= 0.3 is 0 Å². The normalized spacial score (nSPS) is 19.8. The third kappa shape index (κ3) is 3.14. The standard InChI is InChI=1S/C13H17ClFNO3S/c1-9-6-13(11(14)7-12(9)15)20(17,18)16(2)8-10-4-3-5-19-10/h6-7,10H,3-5,8H2,1-2H3/t10-/m0/s1. The maximum atomic E-state index is 13.4. The Morgan fingerprint density at radius 2 is 2.20 bits per heavy atom. The second kappa shape index (κ2) is 5.97. The molecule has 0 saturated carbocycles. The number of hydrogen-bond donors (Lipinski definition) is 0. The van der Waals surface area contributed by atoms with E-state index in [9.17, 15) is 12.8 Å². The van der Waals surface area contributed by atoms with Gasteiger partial charge in [0.2, 0.25) is 10.0 Å². The molecule has 1 saturated heterocycles. The van der Waals surface area contributed by atoms with Crippen molar-refractivity contribution in [2.24, 2.45) is 0 Å². The Labute approximate surface area is 123 Å². The number of nitrogens with zero attached hydrogens (tertiary/aromatic N) is 1. The van der Waals surface area contributed by atoms with Crippen LogP contribution in [-0.4, -0.2) is 39.0 Å². The molecular formula is C13H17ClFNO3S. The molecule has 112 valence electrons. The van der Waals surface area contributed by atoms with Gasteiger partial charge in [0.05, 0.1) is 11.1 Å². The zero-order chi connectivity index (χ0) is 14.9. The molecule has 1 fully saturated rings. The van der Waals surface area contributed by atoms with Gasteiger partial charge in [-0.2, -0.15) is 4.31 Å². The Balaban J connectivity index is 2.27. The van der Waals surface area contributed by atoms with Crippen LogP contribution >= 0.6 is 11.6 Å². The van der Waals surface area contributed by atoms with Crippen molar-refractivity contribution < 1.29 is 17.5 Å². The van der Waals surface area contributed by atoms with E-state index in [1.165, 1.54) is 24.3 Å². The van der Waals surface area contributed by atoms with Crippen molar-refractivity contribution in [2.45, 2.75) is 30.8 Å². The number of hydrogen-bond acceptors (Lipinski definition) is 3. The molecule has 0 amide bonds. The third-order valence-electron chi connectivity index (χ3n) is 3.39. The first-order valence-corrected chi connectivity index (χ1v) is 8.18. The summed E-state index contributed by atoms with van der Waals surface area (Å²) in [5, 5.41) is -0.104. The van der Waals surface area contributed by atoms with Gasteiger partial charge in [-0.05, 0) is 37.5 Å². The summed E-state index contributed by atoms with van der Waals surface area (Å²) in [4.78, 5) is -0.0708. The minimum Gasteiger partial charge on any atom is -0.377 e. The molecule has 2 rings (SSSR count). The summed E-state index contributed by atoms with van der Waals surface area (Å²) in [5.41, 5.74) is 0.249. The fourth-order valence-corrected chi connectivity index (χ4v) is 3.94. The van der Waals surface area contributed by atoms with Gasteiger partial charge in [-0.25, -0.2) is 12.8 Å². The summed E-state index contributed by atoms with van der Waals surface area (Å²) in [6.07, 6.45) is 1.69. The van der Waals surface area contributed by atoms with Crippen LogP contribution in [0.25, 0.3) is 0 Å². The topological polar surface area (TPSA) is 46.6 Å². The second-order valence-corrected chi connectivity index (χ2v) is 7.37. The molecule has 0 spiro atoms. The number of benzene rings is 1. The zero-order valence-corrected chi connectivity index (χ0v) is 13.0. The maximum Gasteiger partial charge on any atom is 0.244 e. The Morgan fingerprint density at radius 3 is 2.80 bits per heavy atom. The lowest BCUT2D eigenvalue weighted by molar-refractivity contribution is 0.0979. The van der Waals surface area contributed by atoms with Crippen molar-refractivity contribution in [1.29, 1.82) is 0 Å². The first-order chi connectivity index (χ1) is 9.32. The predicted molar refractivity (Wildman–Crippen MR) is 74.9 cm³/mol. The minimum atomic E-state index is -3.74. The lowest BCUT2D eigenvalue weighted by Gasteiger charge is -2.21. The Bertz CT molecular complexity index is 600. The fraction of sp³-hybridized carbons (Fsp3) is 0.538. The second-order valence-electron chi connectivity index (χ2n) is 4.95. The monoisotopic (exact) mass is 321 g/mol. The molecule has 7 heteroatoms. The Morgan fingerprint density at radius 1 is 1.50 bits per heavy atom. The lowest BCUT2D eigenvalue weighted by atomic mass is 10.2. The number of ether oxygens (including phenoxy) is 1.